The molecule has 176 valence electrons. The van der Waals surface area contributed by atoms with Crippen molar-refractivity contribution in [3.05, 3.63) is 65.4 Å². The predicted octanol–water partition coefficient (Wildman–Crippen LogP) is 5.53. The molecule has 4 aliphatic heterocycles. The lowest BCUT2D eigenvalue weighted by Gasteiger charge is -2.47. The maximum Gasteiger partial charge on any atom is 0.0921 e. The van der Waals surface area contributed by atoms with E-state index in [-0.39, 0.29) is 10.8 Å². The minimum Gasteiger partial charge on any atom is -0.368 e. The lowest BCUT2D eigenvalue weighted by atomic mass is 9.64. The van der Waals surface area contributed by atoms with E-state index in [2.05, 4.69) is 96.7 Å². The summed E-state index contributed by atoms with van der Waals surface area (Å²) in [7, 11) is 0. The van der Waals surface area contributed by atoms with Crippen molar-refractivity contribution in [1.29, 1.82) is 0 Å². The fraction of sp³-hybridized carbons (Fsp3) is 0.533. The Morgan fingerprint density at radius 3 is 2.47 bits per heavy atom. The van der Waals surface area contributed by atoms with E-state index in [0.29, 0.717) is 23.7 Å². The van der Waals surface area contributed by atoms with Gasteiger partial charge in [0.05, 0.1) is 17.6 Å². The van der Waals surface area contributed by atoms with Crippen molar-refractivity contribution in [2.24, 2.45) is 17.3 Å². The molecule has 6 unspecified atom stereocenters. The molecule has 34 heavy (non-hydrogen) atoms. The van der Waals surface area contributed by atoms with Crippen molar-refractivity contribution >= 4 is 16.6 Å². The van der Waals surface area contributed by atoms with Crippen molar-refractivity contribution in [3.63, 3.8) is 0 Å². The van der Waals surface area contributed by atoms with Gasteiger partial charge in [0.25, 0.3) is 0 Å². The van der Waals surface area contributed by atoms with E-state index in [1.807, 2.05) is 0 Å². The van der Waals surface area contributed by atoms with Crippen LogP contribution in [0, 0.1) is 17.3 Å². The topological polar surface area (TPSA) is 43.1 Å². The highest BCUT2D eigenvalue weighted by Gasteiger charge is 2.83. The summed E-state index contributed by atoms with van der Waals surface area (Å²) in [6, 6.07) is 19.1. The first-order chi connectivity index (χ1) is 16.5. The molecule has 0 bridgehead atoms. The fourth-order valence-corrected chi connectivity index (χ4v) is 9.83. The maximum absolute atomic E-state index is 4.18. The molecular formula is C30H36N4. The van der Waals surface area contributed by atoms with Crippen LogP contribution in [-0.4, -0.2) is 35.2 Å². The van der Waals surface area contributed by atoms with Crippen molar-refractivity contribution in [3.8, 4) is 0 Å². The quantitative estimate of drug-likeness (QED) is 0.479. The standard InChI is InChI=1S/C30H36N4/c1-5-28(6-2)16-34-25(24-23(28)19-11-7-9-13-21(19)32-24)26-30(29(15-31-26)17(3)18(29)4)20-12-8-10-14-22(20)33-27(30)34/h7-14,17-18,25-27,31-33H,5-6,15-16H2,1-4H3. The van der Waals surface area contributed by atoms with Gasteiger partial charge < -0.3 is 15.6 Å². The number of nitrogens with one attached hydrogen (secondary N) is 3. The Hall–Kier alpha value is -2.30. The molecule has 1 saturated carbocycles. The molecule has 4 heteroatoms. The summed E-state index contributed by atoms with van der Waals surface area (Å²) in [5.74, 6) is 1.48. The van der Waals surface area contributed by atoms with Crippen molar-refractivity contribution in [2.45, 2.75) is 69.6 Å². The molecule has 1 aromatic heterocycles. The minimum absolute atomic E-state index is 0.110. The van der Waals surface area contributed by atoms with Crippen LogP contribution in [-0.2, 0) is 10.8 Å². The van der Waals surface area contributed by atoms with Crippen LogP contribution in [0.5, 0.6) is 0 Å². The molecule has 3 N–H and O–H groups in total. The Bertz CT molecular complexity index is 1330. The molecule has 0 radical (unpaired) electrons. The molecule has 3 aromatic rings. The zero-order valence-corrected chi connectivity index (χ0v) is 20.8. The smallest absolute Gasteiger partial charge is 0.0921 e. The normalized spacial score (nSPS) is 40.5. The molecular weight excluding hydrogens is 416 g/mol. The van der Waals surface area contributed by atoms with Crippen LogP contribution < -0.4 is 10.6 Å². The summed E-state index contributed by atoms with van der Waals surface area (Å²) in [5, 5.41) is 9.74. The summed E-state index contributed by atoms with van der Waals surface area (Å²) in [5.41, 5.74) is 7.95. The zero-order valence-electron chi connectivity index (χ0n) is 20.8. The van der Waals surface area contributed by atoms with Crippen LogP contribution in [0.1, 0.15) is 63.4 Å². The summed E-state index contributed by atoms with van der Waals surface area (Å²) >= 11 is 0. The first-order valence-corrected chi connectivity index (χ1v) is 13.5. The Morgan fingerprint density at radius 2 is 1.71 bits per heavy atom. The van der Waals surface area contributed by atoms with Gasteiger partial charge in [0.1, 0.15) is 0 Å². The van der Waals surface area contributed by atoms with Crippen LogP contribution in [0.3, 0.4) is 0 Å². The number of para-hydroxylation sites is 2. The van der Waals surface area contributed by atoms with Gasteiger partial charge in [0.2, 0.25) is 0 Å². The predicted molar refractivity (Wildman–Crippen MR) is 138 cm³/mol. The third-order valence-electron chi connectivity index (χ3n) is 11.6. The second-order valence-corrected chi connectivity index (χ2v) is 12.0. The average molecular weight is 453 g/mol. The van der Waals surface area contributed by atoms with E-state index in [1.54, 1.807) is 11.1 Å². The maximum atomic E-state index is 4.18. The van der Waals surface area contributed by atoms with E-state index in [1.165, 1.54) is 35.1 Å². The number of nitrogens with zero attached hydrogens (tertiary/aromatic N) is 1. The molecule has 5 heterocycles. The molecule has 8 rings (SSSR count). The van der Waals surface area contributed by atoms with E-state index in [0.717, 1.165) is 24.9 Å². The van der Waals surface area contributed by atoms with Crippen LogP contribution >= 0.6 is 0 Å². The number of hydrogen-bond donors (Lipinski definition) is 3. The van der Waals surface area contributed by atoms with Crippen LogP contribution in [0.2, 0.25) is 0 Å². The first kappa shape index (κ1) is 19.9. The first-order valence-electron chi connectivity index (χ1n) is 13.5. The largest absolute Gasteiger partial charge is 0.368 e. The Labute approximate surface area is 202 Å². The van der Waals surface area contributed by atoms with Crippen molar-refractivity contribution in [2.75, 3.05) is 18.4 Å². The molecule has 2 saturated heterocycles. The number of aromatic nitrogens is 1. The van der Waals surface area contributed by atoms with Crippen LogP contribution in [0.15, 0.2) is 48.5 Å². The van der Waals surface area contributed by atoms with Crippen LogP contribution in [0.4, 0.5) is 5.69 Å². The number of fused-ring (bicyclic) bond motifs is 8. The van der Waals surface area contributed by atoms with Crippen LogP contribution in [0.25, 0.3) is 10.9 Å². The number of hydrogen-bond acceptors (Lipinski definition) is 3. The fourth-order valence-electron chi connectivity index (χ4n) is 9.83. The molecule has 1 aliphatic carbocycles. The Balaban J connectivity index is 1.43. The van der Waals surface area contributed by atoms with E-state index in [4.69, 9.17) is 0 Å². The molecule has 0 amide bonds. The molecule has 5 aliphatic rings. The second-order valence-electron chi connectivity index (χ2n) is 12.0. The summed E-state index contributed by atoms with van der Waals surface area (Å²) in [6.45, 7) is 12.1. The molecule has 2 spiro atoms. The van der Waals surface area contributed by atoms with Gasteiger partial charge in [-0.25, -0.2) is 0 Å². The van der Waals surface area contributed by atoms with E-state index < -0.39 is 0 Å². The average Bonchev–Trinajstić information content (AvgIpc) is 3.36. The van der Waals surface area contributed by atoms with Gasteiger partial charge in [0.15, 0.2) is 0 Å². The van der Waals surface area contributed by atoms with Gasteiger partial charge in [-0.05, 0) is 47.9 Å². The number of anilines is 1. The van der Waals surface area contributed by atoms with Gasteiger partial charge in [-0.15, -0.1) is 0 Å². The summed E-state index contributed by atoms with van der Waals surface area (Å²) < 4.78 is 0. The van der Waals surface area contributed by atoms with Crippen molar-refractivity contribution in [1.82, 2.24) is 15.2 Å². The Kier molecular flexibility index (Phi) is 3.57. The SMILES string of the molecule is CCC1(CC)CN2C(c3[nH]c4ccccc4c31)C1NCC3(C(C)C3C)C13c1ccccc1NC23. The number of rotatable bonds is 2. The number of aromatic amines is 1. The molecule has 3 fully saturated rings. The molecule has 6 atom stereocenters. The zero-order chi connectivity index (χ0) is 23.0. The monoisotopic (exact) mass is 452 g/mol. The van der Waals surface area contributed by atoms with Gasteiger partial charge in [-0.3, -0.25) is 4.90 Å². The Morgan fingerprint density at radius 1 is 0.971 bits per heavy atom. The third-order valence-corrected chi connectivity index (χ3v) is 11.6. The lowest BCUT2D eigenvalue weighted by molar-refractivity contribution is 0.0998. The minimum atomic E-state index is 0.110. The summed E-state index contributed by atoms with van der Waals surface area (Å²) in [4.78, 5) is 6.88. The molecule has 2 aromatic carbocycles. The van der Waals surface area contributed by atoms with E-state index >= 15 is 0 Å². The van der Waals surface area contributed by atoms with Crippen molar-refractivity contribution < 1.29 is 0 Å². The highest BCUT2D eigenvalue weighted by molar-refractivity contribution is 5.87. The summed E-state index contributed by atoms with van der Waals surface area (Å²) in [6.07, 6.45) is 2.69. The third kappa shape index (κ3) is 1.83. The number of benzene rings is 2. The van der Waals surface area contributed by atoms with E-state index in [9.17, 15) is 0 Å². The van der Waals surface area contributed by atoms with Gasteiger partial charge in [-0.2, -0.15) is 0 Å². The lowest BCUT2D eigenvalue weighted by Crippen LogP contribution is -2.54. The van der Waals surface area contributed by atoms with Gasteiger partial charge in [-0.1, -0.05) is 64.1 Å². The number of H-pyrrole nitrogens is 1. The van der Waals surface area contributed by atoms with Gasteiger partial charge >= 0.3 is 0 Å². The highest BCUT2D eigenvalue weighted by Crippen LogP contribution is 2.78. The van der Waals surface area contributed by atoms with Gasteiger partial charge in [0, 0.05) is 52.2 Å². The second kappa shape index (κ2) is 6.09. The molecule has 4 nitrogen and oxygen atoms in total. The highest BCUT2D eigenvalue weighted by atomic mass is 15.4.